The number of benzene rings is 1. The summed E-state index contributed by atoms with van der Waals surface area (Å²) in [5.74, 6) is 1.21. The van der Waals surface area contributed by atoms with Gasteiger partial charge in [-0.25, -0.2) is 0 Å². The van der Waals surface area contributed by atoms with Gasteiger partial charge in [-0.15, -0.1) is 0 Å². The maximum Gasteiger partial charge on any atom is 0.0327 e. The Morgan fingerprint density at radius 1 is 1.27 bits per heavy atom. The van der Waals surface area contributed by atoms with E-state index in [0.29, 0.717) is 6.04 Å². The number of rotatable bonds is 6. The Hall–Kier alpha value is -0.470. The molecule has 1 atom stereocenters. The Labute approximate surface area is 97.7 Å². The van der Waals surface area contributed by atoms with Crippen molar-refractivity contribution in [1.82, 2.24) is 5.32 Å². The fourth-order valence-electron chi connectivity index (χ4n) is 1.67. The molecule has 0 amide bonds. The van der Waals surface area contributed by atoms with Crippen LogP contribution < -0.4 is 5.32 Å². The third kappa shape index (κ3) is 4.27. The van der Waals surface area contributed by atoms with E-state index in [9.17, 15) is 0 Å². The van der Waals surface area contributed by atoms with Crippen LogP contribution in [-0.2, 0) is 0 Å². The van der Waals surface area contributed by atoms with Crippen molar-refractivity contribution >= 4 is 11.8 Å². The monoisotopic (exact) mass is 223 g/mol. The van der Waals surface area contributed by atoms with Gasteiger partial charge in [-0.1, -0.05) is 36.8 Å². The summed E-state index contributed by atoms with van der Waals surface area (Å²) < 4.78 is 0. The molecule has 0 radical (unpaired) electrons. The molecule has 0 aliphatic heterocycles. The standard InChI is InChI=1S/C13H21NS/c1-4-14-13(9-10-15-3)12-7-5-11(2)6-8-12/h5-8,13-14H,4,9-10H2,1-3H3. The lowest BCUT2D eigenvalue weighted by molar-refractivity contribution is 0.541. The van der Waals surface area contributed by atoms with Gasteiger partial charge < -0.3 is 5.32 Å². The Balaban J connectivity index is 2.65. The highest BCUT2D eigenvalue weighted by Gasteiger charge is 2.08. The SMILES string of the molecule is CCNC(CCSC)c1ccc(C)cc1. The summed E-state index contributed by atoms with van der Waals surface area (Å²) in [5, 5.41) is 3.54. The zero-order valence-corrected chi connectivity index (χ0v) is 10.7. The minimum absolute atomic E-state index is 0.517. The first-order valence-corrected chi connectivity index (χ1v) is 6.96. The highest BCUT2D eigenvalue weighted by Crippen LogP contribution is 2.18. The maximum absolute atomic E-state index is 3.54. The van der Waals surface area contributed by atoms with Crippen LogP contribution in [0.5, 0.6) is 0 Å². The molecule has 1 nitrogen and oxygen atoms in total. The second-order valence-electron chi connectivity index (χ2n) is 3.80. The molecule has 0 saturated carbocycles. The predicted molar refractivity (Wildman–Crippen MR) is 70.6 cm³/mol. The fourth-order valence-corrected chi connectivity index (χ4v) is 2.14. The highest BCUT2D eigenvalue weighted by molar-refractivity contribution is 7.98. The summed E-state index contributed by atoms with van der Waals surface area (Å²) in [6.07, 6.45) is 3.37. The second kappa shape index (κ2) is 6.91. The second-order valence-corrected chi connectivity index (χ2v) is 4.79. The minimum Gasteiger partial charge on any atom is -0.310 e. The Morgan fingerprint density at radius 2 is 1.93 bits per heavy atom. The van der Waals surface area contributed by atoms with Crippen molar-refractivity contribution in [3.8, 4) is 0 Å². The van der Waals surface area contributed by atoms with Crippen LogP contribution in [0.2, 0.25) is 0 Å². The number of hydrogen-bond donors (Lipinski definition) is 1. The van der Waals surface area contributed by atoms with Gasteiger partial charge >= 0.3 is 0 Å². The molecule has 1 rings (SSSR count). The van der Waals surface area contributed by atoms with E-state index in [0.717, 1.165) is 6.54 Å². The van der Waals surface area contributed by atoms with Gasteiger partial charge in [0.2, 0.25) is 0 Å². The normalized spacial score (nSPS) is 12.7. The third-order valence-corrected chi connectivity index (χ3v) is 3.18. The molecule has 0 aliphatic carbocycles. The lowest BCUT2D eigenvalue weighted by Gasteiger charge is -2.18. The quantitative estimate of drug-likeness (QED) is 0.793. The summed E-state index contributed by atoms with van der Waals surface area (Å²) in [5.41, 5.74) is 2.75. The minimum atomic E-state index is 0.517. The van der Waals surface area contributed by atoms with Gasteiger partial charge in [0.25, 0.3) is 0 Å². The van der Waals surface area contributed by atoms with E-state index in [1.807, 2.05) is 11.8 Å². The smallest absolute Gasteiger partial charge is 0.0327 e. The van der Waals surface area contributed by atoms with E-state index < -0.39 is 0 Å². The highest BCUT2D eigenvalue weighted by atomic mass is 32.2. The Bertz CT molecular complexity index is 268. The number of hydrogen-bond acceptors (Lipinski definition) is 2. The first kappa shape index (κ1) is 12.6. The molecule has 0 aliphatic rings. The molecular weight excluding hydrogens is 202 g/mol. The van der Waals surface area contributed by atoms with E-state index in [1.54, 1.807) is 0 Å². The largest absolute Gasteiger partial charge is 0.310 e. The molecule has 0 aromatic heterocycles. The molecule has 2 heteroatoms. The molecule has 15 heavy (non-hydrogen) atoms. The maximum atomic E-state index is 3.54. The molecule has 1 unspecified atom stereocenters. The van der Waals surface area contributed by atoms with E-state index in [-0.39, 0.29) is 0 Å². The third-order valence-electron chi connectivity index (χ3n) is 2.54. The van der Waals surface area contributed by atoms with Crippen molar-refractivity contribution in [3.05, 3.63) is 35.4 Å². The van der Waals surface area contributed by atoms with Crippen molar-refractivity contribution in [3.63, 3.8) is 0 Å². The average Bonchev–Trinajstić information content (AvgIpc) is 2.25. The molecule has 1 aromatic rings. The lowest BCUT2D eigenvalue weighted by Crippen LogP contribution is -2.21. The van der Waals surface area contributed by atoms with E-state index in [4.69, 9.17) is 0 Å². The van der Waals surface area contributed by atoms with Gasteiger partial charge in [-0.3, -0.25) is 0 Å². The van der Waals surface area contributed by atoms with Crippen molar-refractivity contribution < 1.29 is 0 Å². The fraction of sp³-hybridized carbons (Fsp3) is 0.538. The van der Waals surface area contributed by atoms with Crippen molar-refractivity contribution in [2.45, 2.75) is 26.3 Å². The Morgan fingerprint density at radius 3 is 2.47 bits per heavy atom. The van der Waals surface area contributed by atoms with Gasteiger partial charge in [0.15, 0.2) is 0 Å². The number of thioether (sulfide) groups is 1. The van der Waals surface area contributed by atoms with E-state index in [1.165, 1.54) is 23.3 Å². The van der Waals surface area contributed by atoms with Crippen LogP contribution in [0.3, 0.4) is 0 Å². The summed E-state index contributed by atoms with van der Waals surface area (Å²) in [6.45, 7) is 5.33. The molecule has 0 spiro atoms. The molecule has 0 bridgehead atoms. The van der Waals surface area contributed by atoms with Crippen LogP contribution in [0.25, 0.3) is 0 Å². The number of aryl methyl sites for hydroxylation is 1. The molecule has 0 heterocycles. The van der Waals surface area contributed by atoms with Crippen molar-refractivity contribution in [2.75, 3.05) is 18.6 Å². The molecule has 84 valence electrons. The summed E-state index contributed by atoms with van der Waals surface area (Å²) >= 11 is 1.91. The van der Waals surface area contributed by atoms with Gasteiger partial charge in [-0.05, 0) is 37.5 Å². The summed E-state index contributed by atoms with van der Waals surface area (Å²) in [6, 6.07) is 9.38. The van der Waals surface area contributed by atoms with Crippen LogP contribution in [0.1, 0.15) is 30.5 Å². The zero-order valence-electron chi connectivity index (χ0n) is 9.92. The van der Waals surface area contributed by atoms with Crippen molar-refractivity contribution in [2.24, 2.45) is 0 Å². The lowest BCUT2D eigenvalue weighted by atomic mass is 10.0. The number of nitrogens with one attached hydrogen (secondary N) is 1. The topological polar surface area (TPSA) is 12.0 Å². The average molecular weight is 223 g/mol. The summed E-state index contributed by atoms with van der Waals surface area (Å²) in [7, 11) is 0. The van der Waals surface area contributed by atoms with Gasteiger partial charge in [0.1, 0.15) is 0 Å². The van der Waals surface area contributed by atoms with Crippen LogP contribution in [-0.4, -0.2) is 18.6 Å². The van der Waals surface area contributed by atoms with Gasteiger partial charge in [0, 0.05) is 6.04 Å². The zero-order chi connectivity index (χ0) is 11.1. The van der Waals surface area contributed by atoms with Gasteiger partial charge in [-0.2, -0.15) is 11.8 Å². The van der Waals surface area contributed by atoms with Gasteiger partial charge in [0.05, 0.1) is 0 Å². The molecule has 0 fully saturated rings. The van der Waals surface area contributed by atoms with E-state index >= 15 is 0 Å². The molecule has 1 N–H and O–H groups in total. The van der Waals surface area contributed by atoms with Crippen LogP contribution in [0.15, 0.2) is 24.3 Å². The van der Waals surface area contributed by atoms with Crippen LogP contribution in [0, 0.1) is 6.92 Å². The molecule has 1 aromatic carbocycles. The van der Waals surface area contributed by atoms with E-state index in [2.05, 4.69) is 49.7 Å². The van der Waals surface area contributed by atoms with Crippen LogP contribution in [0.4, 0.5) is 0 Å². The molecular formula is C13H21NS. The Kier molecular flexibility index (Phi) is 5.81. The van der Waals surface area contributed by atoms with Crippen LogP contribution >= 0.6 is 11.8 Å². The predicted octanol–water partition coefficient (Wildman–Crippen LogP) is 3.40. The first-order valence-electron chi connectivity index (χ1n) is 5.56. The van der Waals surface area contributed by atoms with Crippen molar-refractivity contribution in [1.29, 1.82) is 0 Å². The molecule has 0 saturated heterocycles. The first-order chi connectivity index (χ1) is 7.27. The summed E-state index contributed by atoms with van der Waals surface area (Å²) in [4.78, 5) is 0.